The molecule has 0 N–H and O–H groups in total. The van der Waals surface area contributed by atoms with E-state index < -0.39 is 0 Å². The lowest BCUT2D eigenvalue weighted by Gasteiger charge is -2.25. The third kappa shape index (κ3) is 3.30. The normalized spacial score (nSPS) is 16.5. The molecule has 6 heteroatoms. The molecule has 0 spiro atoms. The predicted octanol–water partition coefficient (Wildman–Crippen LogP) is 3.56. The fourth-order valence-corrected chi connectivity index (χ4v) is 3.97. The van der Waals surface area contributed by atoms with Gasteiger partial charge in [0.05, 0.1) is 13.2 Å². The number of benzene rings is 1. The molecule has 6 nitrogen and oxygen atoms in total. The average Bonchev–Trinajstić information content (AvgIpc) is 3.43. The van der Waals surface area contributed by atoms with Gasteiger partial charge in [0.2, 0.25) is 0 Å². The maximum atomic E-state index is 13.1. The zero-order valence-electron chi connectivity index (χ0n) is 16.6. The highest BCUT2D eigenvalue weighted by Crippen LogP contribution is 2.33. The van der Waals surface area contributed by atoms with Gasteiger partial charge in [-0.05, 0) is 49.6 Å². The van der Waals surface area contributed by atoms with E-state index >= 15 is 0 Å². The highest BCUT2D eigenvalue weighted by molar-refractivity contribution is 5.93. The van der Waals surface area contributed by atoms with Gasteiger partial charge in [0.1, 0.15) is 17.3 Å². The lowest BCUT2D eigenvalue weighted by Crippen LogP contribution is -2.33. The Morgan fingerprint density at radius 1 is 1.25 bits per heavy atom. The van der Waals surface area contributed by atoms with Crippen molar-refractivity contribution in [1.29, 1.82) is 0 Å². The molecular weight excluding hydrogens is 352 g/mol. The van der Waals surface area contributed by atoms with Crippen molar-refractivity contribution in [2.24, 2.45) is 7.05 Å². The van der Waals surface area contributed by atoms with Crippen LogP contribution in [0, 0.1) is 6.92 Å². The largest absolute Gasteiger partial charge is 0.497 e. The standard InChI is InChI=1S/C22H26N4O2/c1-16-14-23-21(26(16)15-17-8-10-18(28-3)11-9-17)19-6-5-13-25(19)22(27)20-7-4-12-24(20)2/h4,7-12,14,19H,5-6,13,15H2,1-3H3. The third-order valence-electron chi connectivity index (χ3n) is 5.56. The van der Waals surface area contributed by atoms with Crippen molar-refractivity contribution in [3.05, 3.63) is 71.6 Å². The molecule has 3 aromatic rings. The van der Waals surface area contributed by atoms with Crippen molar-refractivity contribution in [3.63, 3.8) is 0 Å². The van der Waals surface area contributed by atoms with Crippen molar-refractivity contribution >= 4 is 5.91 Å². The van der Waals surface area contributed by atoms with Crippen LogP contribution in [0.25, 0.3) is 0 Å². The Balaban J connectivity index is 1.61. The molecule has 28 heavy (non-hydrogen) atoms. The number of imidazole rings is 1. The summed E-state index contributed by atoms with van der Waals surface area (Å²) in [5, 5.41) is 0. The van der Waals surface area contributed by atoms with Crippen LogP contribution in [0.3, 0.4) is 0 Å². The van der Waals surface area contributed by atoms with E-state index in [1.807, 2.05) is 53.2 Å². The molecule has 2 aromatic heterocycles. The second-order valence-electron chi connectivity index (χ2n) is 7.35. The highest BCUT2D eigenvalue weighted by Gasteiger charge is 2.34. The summed E-state index contributed by atoms with van der Waals surface area (Å²) in [5.41, 5.74) is 3.00. The van der Waals surface area contributed by atoms with Crippen molar-refractivity contribution in [2.45, 2.75) is 32.4 Å². The van der Waals surface area contributed by atoms with Gasteiger partial charge in [-0.15, -0.1) is 0 Å². The Hall–Kier alpha value is -3.02. The van der Waals surface area contributed by atoms with Crippen LogP contribution in [0.15, 0.2) is 48.8 Å². The second-order valence-corrected chi connectivity index (χ2v) is 7.35. The van der Waals surface area contributed by atoms with Crippen LogP contribution in [-0.4, -0.2) is 38.6 Å². The van der Waals surface area contributed by atoms with Gasteiger partial charge in [-0.25, -0.2) is 4.98 Å². The summed E-state index contributed by atoms with van der Waals surface area (Å²) < 4.78 is 9.36. The highest BCUT2D eigenvalue weighted by atomic mass is 16.5. The number of methoxy groups -OCH3 is 1. The van der Waals surface area contributed by atoms with E-state index in [2.05, 4.69) is 23.6 Å². The van der Waals surface area contributed by atoms with Crippen LogP contribution in [0.2, 0.25) is 0 Å². The molecule has 0 aliphatic carbocycles. The SMILES string of the molecule is COc1ccc(Cn2c(C)cnc2C2CCCN2C(=O)c2cccn2C)cc1. The lowest BCUT2D eigenvalue weighted by atomic mass is 10.1. The number of hydrogen-bond acceptors (Lipinski definition) is 3. The Labute approximate surface area is 165 Å². The van der Waals surface area contributed by atoms with Gasteiger partial charge in [0.25, 0.3) is 5.91 Å². The maximum Gasteiger partial charge on any atom is 0.271 e. The minimum atomic E-state index is 0.00866. The number of carbonyl (C=O) groups is 1. The zero-order valence-corrected chi connectivity index (χ0v) is 16.6. The number of aryl methyl sites for hydroxylation is 2. The molecule has 1 aliphatic heterocycles. The monoisotopic (exact) mass is 378 g/mol. The summed E-state index contributed by atoms with van der Waals surface area (Å²) in [6, 6.07) is 11.9. The van der Waals surface area contributed by atoms with Gasteiger partial charge in [0, 0.05) is 38.2 Å². The summed E-state index contributed by atoms with van der Waals surface area (Å²) >= 11 is 0. The Morgan fingerprint density at radius 2 is 2.04 bits per heavy atom. The quantitative estimate of drug-likeness (QED) is 0.682. The molecule has 1 atom stereocenters. The smallest absolute Gasteiger partial charge is 0.271 e. The Morgan fingerprint density at radius 3 is 2.71 bits per heavy atom. The number of likely N-dealkylation sites (tertiary alicyclic amines) is 1. The van der Waals surface area contributed by atoms with E-state index in [1.165, 1.54) is 5.56 Å². The fraction of sp³-hybridized carbons (Fsp3) is 0.364. The first kappa shape index (κ1) is 18.3. The number of aromatic nitrogens is 3. The second kappa shape index (κ2) is 7.54. The summed E-state index contributed by atoms with van der Waals surface area (Å²) in [5.74, 6) is 1.89. The van der Waals surface area contributed by atoms with Gasteiger partial charge in [0.15, 0.2) is 0 Å². The zero-order chi connectivity index (χ0) is 19.7. The lowest BCUT2D eigenvalue weighted by molar-refractivity contribution is 0.0718. The molecule has 146 valence electrons. The van der Waals surface area contributed by atoms with Crippen molar-refractivity contribution in [1.82, 2.24) is 19.0 Å². The number of hydrogen-bond donors (Lipinski definition) is 0. The molecule has 3 heterocycles. The molecule has 1 aromatic carbocycles. The van der Waals surface area contributed by atoms with Crippen molar-refractivity contribution in [2.75, 3.05) is 13.7 Å². The molecule has 1 fully saturated rings. The van der Waals surface area contributed by atoms with Gasteiger partial charge in [-0.2, -0.15) is 0 Å². The predicted molar refractivity (Wildman–Crippen MR) is 107 cm³/mol. The minimum absolute atomic E-state index is 0.00866. The van der Waals surface area contributed by atoms with E-state index in [1.54, 1.807) is 7.11 Å². The number of amides is 1. The first-order chi connectivity index (χ1) is 13.6. The first-order valence-electron chi connectivity index (χ1n) is 9.65. The molecule has 0 bridgehead atoms. The van der Waals surface area contributed by atoms with Crippen LogP contribution >= 0.6 is 0 Å². The van der Waals surface area contributed by atoms with Gasteiger partial charge in [-0.1, -0.05) is 12.1 Å². The number of nitrogens with zero attached hydrogens (tertiary/aromatic N) is 4. The summed E-state index contributed by atoms with van der Waals surface area (Å²) in [7, 11) is 3.58. The molecule has 0 radical (unpaired) electrons. The Kier molecular flexibility index (Phi) is 4.94. The summed E-state index contributed by atoms with van der Waals surface area (Å²) in [6.07, 6.45) is 5.75. The topological polar surface area (TPSA) is 52.3 Å². The molecule has 1 saturated heterocycles. The summed E-state index contributed by atoms with van der Waals surface area (Å²) in [4.78, 5) is 19.8. The first-order valence-corrected chi connectivity index (χ1v) is 9.65. The maximum absolute atomic E-state index is 13.1. The minimum Gasteiger partial charge on any atom is -0.497 e. The van der Waals surface area contributed by atoms with E-state index in [0.717, 1.165) is 48.9 Å². The molecule has 0 saturated carbocycles. The number of rotatable bonds is 5. The van der Waals surface area contributed by atoms with E-state index in [4.69, 9.17) is 9.72 Å². The molecule has 1 unspecified atom stereocenters. The number of carbonyl (C=O) groups excluding carboxylic acids is 1. The molecule has 1 amide bonds. The van der Waals surface area contributed by atoms with Crippen LogP contribution in [0.5, 0.6) is 5.75 Å². The van der Waals surface area contributed by atoms with E-state index in [-0.39, 0.29) is 11.9 Å². The molecule has 1 aliphatic rings. The molecular formula is C22H26N4O2. The number of ether oxygens (including phenoxy) is 1. The van der Waals surface area contributed by atoms with Gasteiger partial charge >= 0.3 is 0 Å². The van der Waals surface area contributed by atoms with Crippen molar-refractivity contribution in [3.8, 4) is 5.75 Å². The van der Waals surface area contributed by atoms with Gasteiger partial charge < -0.3 is 18.8 Å². The van der Waals surface area contributed by atoms with Crippen LogP contribution in [-0.2, 0) is 13.6 Å². The van der Waals surface area contributed by atoms with E-state index in [0.29, 0.717) is 0 Å². The van der Waals surface area contributed by atoms with Crippen LogP contribution in [0.1, 0.15) is 46.5 Å². The average molecular weight is 378 g/mol. The fourth-order valence-electron chi connectivity index (χ4n) is 3.97. The van der Waals surface area contributed by atoms with E-state index in [9.17, 15) is 4.79 Å². The Bertz CT molecular complexity index is 971. The third-order valence-corrected chi connectivity index (χ3v) is 5.56. The van der Waals surface area contributed by atoms with Gasteiger partial charge in [-0.3, -0.25) is 4.79 Å². The van der Waals surface area contributed by atoms with Crippen molar-refractivity contribution < 1.29 is 9.53 Å². The van der Waals surface area contributed by atoms with Crippen LogP contribution < -0.4 is 4.74 Å². The molecule has 4 rings (SSSR count). The summed E-state index contributed by atoms with van der Waals surface area (Å²) in [6.45, 7) is 3.56. The van der Waals surface area contributed by atoms with Crippen LogP contribution in [0.4, 0.5) is 0 Å².